The van der Waals surface area contributed by atoms with Crippen molar-refractivity contribution < 1.29 is 9.59 Å². The molecule has 6 nitrogen and oxygen atoms in total. The highest BCUT2D eigenvalue weighted by Crippen LogP contribution is 2.25. The summed E-state index contributed by atoms with van der Waals surface area (Å²) in [7, 11) is 0. The third-order valence-corrected chi connectivity index (χ3v) is 5.64. The van der Waals surface area contributed by atoms with Crippen LogP contribution in [-0.2, 0) is 17.8 Å². The fourth-order valence-electron chi connectivity index (χ4n) is 1.94. The van der Waals surface area contributed by atoms with Crippen molar-refractivity contribution in [3.8, 4) is 0 Å². The Morgan fingerprint density at radius 2 is 2.17 bits per heavy atom. The van der Waals surface area contributed by atoms with Gasteiger partial charge in [0.2, 0.25) is 5.91 Å². The third kappa shape index (κ3) is 5.15. The number of thiophene rings is 1. The van der Waals surface area contributed by atoms with Crippen LogP contribution < -0.4 is 5.32 Å². The number of ketones is 1. The van der Waals surface area contributed by atoms with Gasteiger partial charge in [-0.1, -0.05) is 11.8 Å². The molecular formula is C14H17BrN4O2S2. The minimum atomic E-state index is -0.0603. The number of nitrogens with zero attached hydrogens (tertiary/aromatic N) is 3. The molecule has 0 bridgehead atoms. The zero-order chi connectivity index (χ0) is 16.8. The number of rotatable bonds is 8. The lowest BCUT2D eigenvalue weighted by Crippen LogP contribution is -2.23. The van der Waals surface area contributed by atoms with E-state index in [4.69, 9.17) is 0 Å². The van der Waals surface area contributed by atoms with Crippen LogP contribution in [0.15, 0.2) is 21.1 Å². The van der Waals surface area contributed by atoms with Gasteiger partial charge in [-0.15, -0.1) is 21.5 Å². The normalized spacial score (nSPS) is 10.7. The van der Waals surface area contributed by atoms with Gasteiger partial charge in [0.1, 0.15) is 5.82 Å². The average molecular weight is 417 g/mol. The molecule has 0 unspecified atom stereocenters. The van der Waals surface area contributed by atoms with E-state index in [0.29, 0.717) is 18.7 Å². The van der Waals surface area contributed by atoms with Gasteiger partial charge in [-0.05, 0) is 35.0 Å². The highest BCUT2D eigenvalue weighted by atomic mass is 79.9. The molecule has 1 amide bonds. The number of carbonyl (C=O) groups is 2. The van der Waals surface area contributed by atoms with Gasteiger partial charge in [0.05, 0.1) is 14.4 Å². The summed E-state index contributed by atoms with van der Waals surface area (Å²) in [4.78, 5) is 23.8. The average Bonchev–Trinajstić information content (AvgIpc) is 3.10. The highest BCUT2D eigenvalue weighted by Gasteiger charge is 2.15. The first-order chi connectivity index (χ1) is 11.0. The van der Waals surface area contributed by atoms with E-state index >= 15 is 0 Å². The molecule has 124 valence electrons. The predicted octanol–water partition coefficient (Wildman–Crippen LogP) is 2.78. The lowest BCUT2D eigenvalue weighted by molar-refractivity contribution is -0.118. The summed E-state index contributed by atoms with van der Waals surface area (Å²) in [6, 6.07) is 3.69. The van der Waals surface area contributed by atoms with E-state index in [2.05, 4.69) is 31.4 Å². The zero-order valence-corrected chi connectivity index (χ0v) is 16.1. The highest BCUT2D eigenvalue weighted by molar-refractivity contribution is 9.11. The van der Waals surface area contributed by atoms with Crippen molar-refractivity contribution >= 4 is 50.7 Å². The molecule has 0 fully saturated rings. The second-order valence-electron chi connectivity index (χ2n) is 4.69. The zero-order valence-electron chi connectivity index (χ0n) is 12.8. The van der Waals surface area contributed by atoms with Crippen LogP contribution in [0.2, 0.25) is 0 Å². The Balaban J connectivity index is 1.95. The van der Waals surface area contributed by atoms with Crippen LogP contribution in [0.3, 0.4) is 0 Å². The van der Waals surface area contributed by atoms with Crippen molar-refractivity contribution in [2.75, 3.05) is 12.3 Å². The Morgan fingerprint density at radius 3 is 2.78 bits per heavy atom. The summed E-state index contributed by atoms with van der Waals surface area (Å²) in [5.41, 5.74) is 0. The maximum Gasteiger partial charge on any atom is 0.216 e. The molecule has 0 atom stereocenters. The fourth-order valence-corrected chi connectivity index (χ4v) is 4.26. The molecule has 0 aliphatic heterocycles. The molecule has 2 heterocycles. The fraction of sp³-hybridized carbons (Fsp3) is 0.429. The number of amides is 1. The Labute approximate surface area is 151 Å². The lowest BCUT2D eigenvalue weighted by atomic mass is 10.4. The van der Waals surface area contributed by atoms with Gasteiger partial charge in [0, 0.05) is 26.4 Å². The van der Waals surface area contributed by atoms with Crippen LogP contribution >= 0.6 is 39.0 Å². The van der Waals surface area contributed by atoms with Crippen molar-refractivity contribution in [1.82, 2.24) is 20.1 Å². The predicted molar refractivity (Wildman–Crippen MR) is 95.2 cm³/mol. The largest absolute Gasteiger partial charge is 0.356 e. The second-order valence-corrected chi connectivity index (χ2v) is 8.10. The topological polar surface area (TPSA) is 76.9 Å². The van der Waals surface area contributed by atoms with Crippen LogP contribution in [0.5, 0.6) is 0 Å². The monoisotopic (exact) mass is 416 g/mol. The quantitative estimate of drug-likeness (QED) is 0.528. The third-order valence-electron chi connectivity index (χ3n) is 3.01. The molecule has 0 saturated heterocycles. The number of carbonyl (C=O) groups excluding carboxylic acids is 2. The van der Waals surface area contributed by atoms with Gasteiger partial charge in [0.25, 0.3) is 0 Å². The summed E-state index contributed by atoms with van der Waals surface area (Å²) >= 11 is 6.18. The van der Waals surface area contributed by atoms with E-state index in [1.807, 2.05) is 23.6 Å². The number of nitrogens with one attached hydrogen (secondary N) is 1. The van der Waals surface area contributed by atoms with Gasteiger partial charge >= 0.3 is 0 Å². The second kappa shape index (κ2) is 8.60. The Bertz CT molecular complexity index is 699. The van der Waals surface area contributed by atoms with Crippen molar-refractivity contribution in [3.05, 3.63) is 26.6 Å². The van der Waals surface area contributed by atoms with E-state index in [-0.39, 0.29) is 11.7 Å². The Morgan fingerprint density at radius 1 is 1.39 bits per heavy atom. The molecule has 0 spiro atoms. The van der Waals surface area contributed by atoms with E-state index in [1.54, 1.807) is 0 Å². The maximum atomic E-state index is 12.1. The van der Waals surface area contributed by atoms with Gasteiger partial charge in [-0.25, -0.2) is 0 Å². The van der Waals surface area contributed by atoms with Crippen molar-refractivity contribution in [2.24, 2.45) is 0 Å². The molecule has 0 aliphatic carbocycles. The molecule has 2 rings (SSSR count). The Kier molecular flexibility index (Phi) is 6.79. The molecule has 2 aromatic heterocycles. The molecule has 0 radical (unpaired) electrons. The van der Waals surface area contributed by atoms with Crippen LogP contribution in [-0.4, -0.2) is 38.8 Å². The van der Waals surface area contributed by atoms with Gasteiger partial charge < -0.3 is 9.88 Å². The van der Waals surface area contributed by atoms with Gasteiger partial charge in [-0.2, -0.15) is 0 Å². The minimum Gasteiger partial charge on any atom is -0.356 e. The number of thioether (sulfide) groups is 1. The van der Waals surface area contributed by atoms with E-state index in [9.17, 15) is 9.59 Å². The molecule has 0 aromatic carbocycles. The number of hydrogen-bond donors (Lipinski definition) is 1. The van der Waals surface area contributed by atoms with Crippen molar-refractivity contribution in [2.45, 2.75) is 32.0 Å². The minimum absolute atomic E-state index is 0.0603. The molecule has 2 aromatic rings. The molecule has 0 saturated carbocycles. The van der Waals surface area contributed by atoms with Gasteiger partial charge in [-0.3, -0.25) is 9.59 Å². The van der Waals surface area contributed by atoms with Crippen LogP contribution in [0.1, 0.15) is 29.3 Å². The summed E-state index contributed by atoms with van der Waals surface area (Å²) in [5, 5.41) is 11.8. The SMILES string of the molecule is CCn1c(CCNC(C)=O)nnc1SCC(=O)c1ccc(Br)s1. The summed E-state index contributed by atoms with van der Waals surface area (Å²) in [5.74, 6) is 1.16. The van der Waals surface area contributed by atoms with E-state index in [1.165, 1.54) is 30.0 Å². The first kappa shape index (κ1) is 18.2. The van der Waals surface area contributed by atoms with E-state index in [0.717, 1.165) is 26.2 Å². The molecular weight excluding hydrogens is 400 g/mol. The van der Waals surface area contributed by atoms with E-state index < -0.39 is 0 Å². The molecule has 1 N–H and O–H groups in total. The first-order valence-electron chi connectivity index (χ1n) is 7.09. The maximum absolute atomic E-state index is 12.1. The Hall–Kier alpha value is -1.19. The van der Waals surface area contributed by atoms with Crippen molar-refractivity contribution in [1.29, 1.82) is 0 Å². The first-order valence-corrected chi connectivity index (χ1v) is 9.68. The number of aromatic nitrogens is 3. The molecule has 9 heteroatoms. The smallest absolute Gasteiger partial charge is 0.216 e. The van der Waals surface area contributed by atoms with Crippen molar-refractivity contribution in [3.63, 3.8) is 0 Å². The standard InChI is InChI=1S/C14H17BrN4O2S2/c1-3-19-13(6-7-16-9(2)20)17-18-14(19)22-8-10(21)11-4-5-12(15)23-11/h4-5H,3,6-8H2,1-2H3,(H,16,20). The van der Waals surface area contributed by atoms with Crippen LogP contribution in [0.25, 0.3) is 0 Å². The summed E-state index contributed by atoms with van der Waals surface area (Å²) in [6.45, 7) is 4.75. The molecule has 0 aliphatic rings. The number of Topliss-reactive ketones (excluding diaryl/α,β-unsaturated/α-hetero) is 1. The van der Waals surface area contributed by atoms with Gasteiger partial charge in [0.15, 0.2) is 10.9 Å². The molecule has 23 heavy (non-hydrogen) atoms. The number of halogens is 1. The summed E-state index contributed by atoms with van der Waals surface area (Å²) in [6.07, 6.45) is 0.618. The lowest BCUT2D eigenvalue weighted by Gasteiger charge is -2.07. The van der Waals surface area contributed by atoms with Crippen LogP contribution in [0.4, 0.5) is 0 Å². The number of hydrogen-bond acceptors (Lipinski definition) is 6. The summed E-state index contributed by atoms with van der Waals surface area (Å²) < 4.78 is 2.92. The van der Waals surface area contributed by atoms with Crippen LogP contribution in [0, 0.1) is 0 Å².